The number of hydrogen-bond donors (Lipinski definition) is 1. The number of sulfone groups is 1. The number of carbonyl (C=O) groups is 1. The second-order valence-electron chi connectivity index (χ2n) is 7.78. The smallest absolute Gasteiger partial charge is 0.251 e. The lowest BCUT2D eigenvalue weighted by atomic mass is 10.0. The van der Waals surface area contributed by atoms with Gasteiger partial charge in [0.2, 0.25) is 10.0 Å². The zero-order valence-corrected chi connectivity index (χ0v) is 19.1. The Hall–Kier alpha value is -1.94. The molecule has 2 aliphatic rings. The number of halogens is 1. The van der Waals surface area contributed by atoms with Crippen LogP contribution in [0.15, 0.2) is 52.3 Å². The minimum absolute atomic E-state index is 0.0653. The number of piperidine rings is 1. The van der Waals surface area contributed by atoms with Gasteiger partial charge in [0.1, 0.15) is 4.90 Å². The molecule has 10 heteroatoms. The van der Waals surface area contributed by atoms with Crippen LogP contribution >= 0.6 is 11.6 Å². The van der Waals surface area contributed by atoms with Crippen LogP contribution in [0.1, 0.15) is 47.6 Å². The molecular formula is C21H23ClN2O5S2. The quantitative estimate of drug-likeness (QED) is 0.721. The maximum atomic E-state index is 13.1. The van der Waals surface area contributed by atoms with E-state index in [1.54, 1.807) is 18.2 Å². The largest absolute Gasteiger partial charge is 0.345 e. The highest BCUT2D eigenvalue weighted by molar-refractivity contribution is 7.91. The van der Waals surface area contributed by atoms with Crippen LogP contribution < -0.4 is 5.32 Å². The Morgan fingerprint density at radius 2 is 1.77 bits per heavy atom. The molecule has 2 aliphatic heterocycles. The van der Waals surface area contributed by atoms with Crippen LogP contribution in [0.5, 0.6) is 0 Å². The summed E-state index contributed by atoms with van der Waals surface area (Å²) >= 11 is 6.19. The van der Waals surface area contributed by atoms with Gasteiger partial charge in [-0.15, -0.1) is 0 Å². The summed E-state index contributed by atoms with van der Waals surface area (Å²) in [5.74, 6) is -0.546. The third kappa shape index (κ3) is 4.37. The summed E-state index contributed by atoms with van der Waals surface area (Å²) in [6, 6.07) is 10.3. The van der Waals surface area contributed by atoms with Crippen LogP contribution in [0.25, 0.3) is 0 Å². The molecule has 1 amide bonds. The van der Waals surface area contributed by atoms with Crippen molar-refractivity contribution in [3.05, 3.63) is 58.6 Å². The highest BCUT2D eigenvalue weighted by atomic mass is 35.5. The lowest BCUT2D eigenvalue weighted by Gasteiger charge is -2.27. The first-order chi connectivity index (χ1) is 14.7. The summed E-state index contributed by atoms with van der Waals surface area (Å²) in [6.07, 6.45) is 2.82. The van der Waals surface area contributed by atoms with Crippen molar-refractivity contribution in [3.8, 4) is 0 Å². The number of fused-ring (bicyclic) bond motifs is 1. The highest BCUT2D eigenvalue weighted by Gasteiger charge is 2.32. The van der Waals surface area contributed by atoms with Crippen molar-refractivity contribution in [2.24, 2.45) is 0 Å². The standard InChI is InChI=1S/C21H23ClN2O5S2/c22-17-9-8-15(14-20(17)31(28,29)24-11-4-1-5-12-24)21(25)23-18-10-13-30(26,27)19-7-3-2-6-16(18)19/h2-3,6-9,14,18H,1,4-5,10-13H2,(H,23,25). The van der Waals surface area contributed by atoms with Crippen LogP contribution in [-0.4, -0.2) is 45.9 Å². The molecule has 4 rings (SSSR count). The van der Waals surface area contributed by atoms with E-state index in [2.05, 4.69) is 5.32 Å². The Morgan fingerprint density at radius 1 is 1.06 bits per heavy atom. The second-order valence-corrected chi connectivity index (χ2v) is 12.2. The molecule has 2 heterocycles. The topological polar surface area (TPSA) is 101 Å². The fourth-order valence-electron chi connectivity index (χ4n) is 4.07. The van der Waals surface area contributed by atoms with Gasteiger partial charge in [0.15, 0.2) is 9.84 Å². The van der Waals surface area contributed by atoms with Gasteiger partial charge in [-0.05, 0) is 49.1 Å². The molecule has 166 valence electrons. The number of rotatable bonds is 4. The first kappa shape index (κ1) is 22.3. The van der Waals surface area contributed by atoms with Crippen LogP contribution in [0, 0.1) is 0 Å². The first-order valence-corrected chi connectivity index (χ1v) is 13.6. The Morgan fingerprint density at radius 3 is 2.52 bits per heavy atom. The zero-order chi connectivity index (χ0) is 22.2. The van der Waals surface area contributed by atoms with Gasteiger partial charge in [-0.1, -0.05) is 36.2 Å². The summed E-state index contributed by atoms with van der Waals surface area (Å²) < 4.78 is 52.1. The minimum Gasteiger partial charge on any atom is -0.345 e. The van der Waals surface area contributed by atoms with E-state index in [0.717, 1.165) is 19.3 Å². The van der Waals surface area contributed by atoms with Crippen LogP contribution in [-0.2, 0) is 19.9 Å². The highest BCUT2D eigenvalue weighted by Crippen LogP contribution is 2.33. The molecule has 0 radical (unpaired) electrons. The molecule has 2 aromatic carbocycles. The van der Waals surface area contributed by atoms with Crippen LogP contribution in [0.2, 0.25) is 5.02 Å². The van der Waals surface area contributed by atoms with Crippen molar-refractivity contribution in [3.63, 3.8) is 0 Å². The van der Waals surface area contributed by atoms with E-state index in [1.807, 2.05) is 0 Å². The second kappa shape index (κ2) is 8.54. The molecule has 31 heavy (non-hydrogen) atoms. The van der Waals surface area contributed by atoms with Crippen LogP contribution in [0.3, 0.4) is 0 Å². The predicted octanol–water partition coefficient (Wildman–Crippen LogP) is 3.16. The third-order valence-corrected chi connectivity index (χ3v) is 9.93. The molecular weight excluding hydrogens is 460 g/mol. The Kier molecular flexibility index (Phi) is 6.13. The van der Waals surface area contributed by atoms with E-state index >= 15 is 0 Å². The fraction of sp³-hybridized carbons (Fsp3) is 0.381. The average Bonchev–Trinajstić information content (AvgIpc) is 2.76. The molecule has 2 aromatic rings. The molecule has 0 aliphatic carbocycles. The van der Waals surface area contributed by atoms with Gasteiger partial charge >= 0.3 is 0 Å². The number of amides is 1. The first-order valence-electron chi connectivity index (χ1n) is 10.1. The van der Waals surface area contributed by atoms with Gasteiger partial charge in [0.05, 0.1) is 21.7 Å². The number of sulfonamides is 1. The van der Waals surface area contributed by atoms with E-state index in [1.165, 1.54) is 28.6 Å². The fourth-order valence-corrected chi connectivity index (χ4v) is 7.71. The predicted molar refractivity (Wildman–Crippen MR) is 117 cm³/mol. The third-order valence-electron chi connectivity index (χ3n) is 5.74. The molecule has 0 bridgehead atoms. The van der Waals surface area contributed by atoms with E-state index in [9.17, 15) is 21.6 Å². The molecule has 0 saturated carbocycles. The summed E-state index contributed by atoms with van der Waals surface area (Å²) in [5.41, 5.74) is 0.697. The lowest BCUT2D eigenvalue weighted by Crippen LogP contribution is -2.36. The van der Waals surface area contributed by atoms with Crippen molar-refractivity contribution < 1.29 is 21.6 Å². The Labute approximate surface area is 187 Å². The number of nitrogens with one attached hydrogen (secondary N) is 1. The van der Waals surface area contributed by atoms with Gasteiger partial charge in [-0.2, -0.15) is 4.31 Å². The molecule has 0 aromatic heterocycles. The normalized spacial score (nSPS) is 21.3. The van der Waals surface area contributed by atoms with Gasteiger partial charge in [-0.25, -0.2) is 16.8 Å². The van der Waals surface area contributed by atoms with Crippen molar-refractivity contribution in [1.29, 1.82) is 0 Å². The van der Waals surface area contributed by atoms with E-state index in [4.69, 9.17) is 11.6 Å². The number of benzene rings is 2. The summed E-state index contributed by atoms with van der Waals surface area (Å²) in [4.78, 5) is 13.1. The summed E-state index contributed by atoms with van der Waals surface area (Å²) in [7, 11) is -7.18. The van der Waals surface area contributed by atoms with Gasteiger partial charge in [0, 0.05) is 18.7 Å². The molecule has 1 N–H and O–H groups in total. The number of hydrogen-bond acceptors (Lipinski definition) is 5. The van der Waals surface area contributed by atoms with Crippen molar-refractivity contribution in [2.75, 3.05) is 18.8 Å². The van der Waals surface area contributed by atoms with Crippen LogP contribution in [0.4, 0.5) is 0 Å². The van der Waals surface area contributed by atoms with Crippen molar-refractivity contribution in [1.82, 2.24) is 9.62 Å². The molecule has 7 nitrogen and oxygen atoms in total. The monoisotopic (exact) mass is 482 g/mol. The SMILES string of the molecule is O=C(NC1CCS(=O)(=O)c2ccccc21)c1ccc(Cl)c(S(=O)(=O)N2CCCCC2)c1. The van der Waals surface area contributed by atoms with Gasteiger partial charge < -0.3 is 5.32 Å². The maximum absolute atomic E-state index is 13.1. The van der Waals surface area contributed by atoms with Gasteiger partial charge in [0.25, 0.3) is 5.91 Å². The summed E-state index contributed by atoms with van der Waals surface area (Å²) in [5, 5.41) is 2.92. The molecule has 1 atom stereocenters. The average molecular weight is 483 g/mol. The van der Waals surface area contributed by atoms with E-state index in [0.29, 0.717) is 18.7 Å². The Bertz CT molecular complexity index is 1220. The van der Waals surface area contributed by atoms with E-state index < -0.39 is 31.8 Å². The lowest BCUT2D eigenvalue weighted by molar-refractivity contribution is 0.0934. The minimum atomic E-state index is -3.80. The molecule has 1 fully saturated rings. The number of carbonyl (C=O) groups excluding carboxylic acids is 1. The maximum Gasteiger partial charge on any atom is 0.251 e. The molecule has 1 unspecified atom stereocenters. The van der Waals surface area contributed by atoms with Crippen molar-refractivity contribution in [2.45, 2.75) is 41.5 Å². The Balaban J connectivity index is 1.61. The van der Waals surface area contributed by atoms with E-state index in [-0.39, 0.29) is 32.6 Å². The molecule has 0 spiro atoms. The zero-order valence-electron chi connectivity index (χ0n) is 16.8. The van der Waals surface area contributed by atoms with Gasteiger partial charge in [-0.3, -0.25) is 4.79 Å². The molecule has 1 saturated heterocycles. The number of nitrogens with zero attached hydrogens (tertiary/aromatic N) is 1. The summed E-state index contributed by atoms with van der Waals surface area (Å²) in [6.45, 7) is 0.866. The van der Waals surface area contributed by atoms with Crippen molar-refractivity contribution >= 4 is 37.4 Å².